The summed E-state index contributed by atoms with van der Waals surface area (Å²) in [6, 6.07) is 9.35. The molecule has 1 amide bonds. The summed E-state index contributed by atoms with van der Waals surface area (Å²) in [6.07, 6.45) is 3.47. The van der Waals surface area contributed by atoms with Crippen molar-refractivity contribution in [2.24, 2.45) is 0 Å². The van der Waals surface area contributed by atoms with Gasteiger partial charge in [-0.25, -0.2) is 4.98 Å². The fraction of sp³-hybridized carbons (Fsp3) is 0.158. The molecule has 0 spiro atoms. The molecule has 3 rings (SSSR count). The number of hydrogen-bond acceptors (Lipinski definition) is 5. The summed E-state index contributed by atoms with van der Waals surface area (Å²) < 4.78 is 15.3. The first-order valence-electron chi connectivity index (χ1n) is 8.32. The average Bonchev–Trinajstić information content (AvgIpc) is 3.09. The van der Waals surface area contributed by atoms with Gasteiger partial charge in [-0.2, -0.15) is 4.39 Å². The van der Waals surface area contributed by atoms with Crippen LogP contribution in [0, 0.1) is 29.8 Å². The van der Waals surface area contributed by atoms with Crippen molar-refractivity contribution in [1.29, 1.82) is 0 Å². The highest BCUT2D eigenvalue weighted by atomic mass is 32.2. The third-order valence-electron chi connectivity index (χ3n) is 3.85. The molecule has 1 heterocycles. The number of carbonyl (C=O) groups is 1. The summed E-state index contributed by atoms with van der Waals surface area (Å²) in [7, 11) is 0. The van der Waals surface area contributed by atoms with Crippen LogP contribution in [0.5, 0.6) is 0 Å². The van der Waals surface area contributed by atoms with Crippen LogP contribution >= 0.6 is 11.8 Å². The van der Waals surface area contributed by atoms with Crippen LogP contribution in [0.1, 0.15) is 11.1 Å². The third-order valence-corrected chi connectivity index (χ3v) is 4.82. The molecule has 1 N–H and O–H groups in total. The van der Waals surface area contributed by atoms with Gasteiger partial charge in [-0.1, -0.05) is 17.8 Å². The number of carbonyl (C=O) groups excluding carboxylic acids is 1. The van der Waals surface area contributed by atoms with Crippen molar-refractivity contribution in [3.05, 3.63) is 75.9 Å². The summed E-state index contributed by atoms with van der Waals surface area (Å²) in [5, 5.41) is 14.0. The van der Waals surface area contributed by atoms with Crippen LogP contribution < -0.4 is 5.32 Å². The van der Waals surface area contributed by atoms with E-state index in [1.165, 1.54) is 17.8 Å². The summed E-state index contributed by atoms with van der Waals surface area (Å²) >= 11 is 1.23. The lowest BCUT2D eigenvalue weighted by atomic mass is 10.1. The third kappa shape index (κ3) is 4.55. The van der Waals surface area contributed by atoms with Gasteiger partial charge in [-0.05, 0) is 49.2 Å². The number of thioether (sulfide) groups is 1. The Balaban J connectivity index is 1.69. The molecule has 0 bridgehead atoms. The second-order valence-electron chi connectivity index (χ2n) is 6.19. The van der Waals surface area contributed by atoms with Gasteiger partial charge < -0.3 is 5.32 Å². The number of imidazole rings is 1. The molecule has 0 atom stereocenters. The minimum Gasteiger partial charge on any atom is -0.325 e. The second-order valence-corrected chi connectivity index (χ2v) is 7.13. The molecule has 0 fully saturated rings. The first-order chi connectivity index (χ1) is 13.3. The van der Waals surface area contributed by atoms with E-state index in [0.717, 1.165) is 28.9 Å². The van der Waals surface area contributed by atoms with Crippen molar-refractivity contribution < 1.29 is 14.1 Å². The number of rotatable bonds is 6. The highest BCUT2D eigenvalue weighted by molar-refractivity contribution is 7.99. The van der Waals surface area contributed by atoms with E-state index >= 15 is 0 Å². The number of aromatic nitrogens is 2. The van der Waals surface area contributed by atoms with Gasteiger partial charge in [0.2, 0.25) is 11.7 Å². The molecular weight excluding hydrogens is 383 g/mol. The zero-order valence-corrected chi connectivity index (χ0v) is 16.0. The Morgan fingerprint density at radius 3 is 2.64 bits per heavy atom. The molecule has 0 aliphatic heterocycles. The minimum atomic E-state index is -0.951. The molecule has 3 aromatic rings. The van der Waals surface area contributed by atoms with E-state index < -0.39 is 16.4 Å². The van der Waals surface area contributed by atoms with Crippen molar-refractivity contribution in [3.63, 3.8) is 0 Å². The normalized spacial score (nSPS) is 10.7. The Labute approximate surface area is 164 Å². The summed E-state index contributed by atoms with van der Waals surface area (Å²) in [5.74, 6) is -1.28. The van der Waals surface area contributed by atoms with E-state index in [1.807, 2.05) is 36.7 Å². The van der Waals surface area contributed by atoms with Crippen LogP contribution in [0.4, 0.5) is 15.8 Å². The quantitative estimate of drug-likeness (QED) is 0.379. The van der Waals surface area contributed by atoms with Crippen LogP contribution in [-0.4, -0.2) is 26.1 Å². The number of nitro groups is 1. The standard InChI is InChI=1S/C19H17FN4O3S/c1-12-7-13(2)9-15(8-12)23-6-5-21-19(23)28-11-18(25)22-14-3-4-16(20)17(10-14)24(26)27/h3-10H,11H2,1-2H3,(H,22,25). The van der Waals surface area contributed by atoms with Gasteiger partial charge in [0.05, 0.1) is 10.7 Å². The lowest BCUT2D eigenvalue weighted by Crippen LogP contribution is -2.14. The van der Waals surface area contributed by atoms with Crippen LogP contribution in [0.3, 0.4) is 0 Å². The molecule has 0 aliphatic rings. The molecule has 7 nitrogen and oxygen atoms in total. The van der Waals surface area contributed by atoms with Gasteiger partial charge in [-0.3, -0.25) is 19.5 Å². The number of nitro benzene ring substituents is 1. The minimum absolute atomic E-state index is 0.0486. The largest absolute Gasteiger partial charge is 0.325 e. The summed E-state index contributed by atoms with van der Waals surface area (Å²) in [5.41, 5.74) is 2.67. The van der Waals surface area contributed by atoms with E-state index in [2.05, 4.69) is 16.4 Å². The Morgan fingerprint density at radius 2 is 1.96 bits per heavy atom. The van der Waals surface area contributed by atoms with Gasteiger partial charge in [0.15, 0.2) is 5.16 Å². The molecule has 0 unspecified atom stereocenters. The van der Waals surface area contributed by atoms with Crippen molar-refractivity contribution in [2.75, 3.05) is 11.1 Å². The fourth-order valence-corrected chi connectivity index (χ4v) is 3.51. The number of nitrogens with zero attached hydrogens (tertiary/aromatic N) is 3. The van der Waals surface area contributed by atoms with Crippen molar-refractivity contribution in [1.82, 2.24) is 9.55 Å². The SMILES string of the molecule is Cc1cc(C)cc(-n2ccnc2SCC(=O)Nc2ccc(F)c([N+](=O)[O-])c2)c1. The maximum absolute atomic E-state index is 13.4. The van der Waals surface area contributed by atoms with E-state index in [4.69, 9.17) is 0 Å². The topological polar surface area (TPSA) is 90.1 Å². The van der Waals surface area contributed by atoms with Gasteiger partial charge in [0.25, 0.3) is 0 Å². The fourth-order valence-electron chi connectivity index (χ4n) is 2.74. The average molecular weight is 400 g/mol. The Hall–Kier alpha value is -3.20. The van der Waals surface area contributed by atoms with Gasteiger partial charge in [0, 0.05) is 29.8 Å². The highest BCUT2D eigenvalue weighted by Crippen LogP contribution is 2.24. The highest BCUT2D eigenvalue weighted by Gasteiger charge is 2.16. The number of amides is 1. The van der Waals surface area contributed by atoms with E-state index in [0.29, 0.717) is 5.16 Å². The molecule has 1 aromatic heterocycles. The Morgan fingerprint density at radius 1 is 1.25 bits per heavy atom. The molecule has 144 valence electrons. The van der Waals surface area contributed by atoms with Crippen molar-refractivity contribution in [3.8, 4) is 5.69 Å². The van der Waals surface area contributed by atoms with Gasteiger partial charge in [0.1, 0.15) is 0 Å². The summed E-state index contributed by atoms with van der Waals surface area (Å²) in [6.45, 7) is 4.02. The molecule has 9 heteroatoms. The first kappa shape index (κ1) is 19.6. The van der Waals surface area contributed by atoms with Gasteiger partial charge in [-0.15, -0.1) is 0 Å². The Kier molecular flexibility index (Phi) is 5.74. The Bertz CT molecular complexity index is 1030. The predicted molar refractivity (Wildman–Crippen MR) is 105 cm³/mol. The molecular formula is C19H17FN4O3S. The smallest absolute Gasteiger partial charge is 0.306 e. The number of nitrogens with one attached hydrogen (secondary N) is 1. The van der Waals surface area contributed by atoms with Crippen LogP contribution in [-0.2, 0) is 4.79 Å². The number of anilines is 1. The molecule has 0 saturated heterocycles. The zero-order chi connectivity index (χ0) is 20.3. The van der Waals surface area contributed by atoms with Crippen LogP contribution in [0.25, 0.3) is 5.69 Å². The number of benzene rings is 2. The molecule has 28 heavy (non-hydrogen) atoms. The molecule has 0 radical (unpaired) electrons. The van der Waals surface area contributed by atoms with Crippen molar-refractivity contribution >= 4 is 29.0 Å². The molecule has 2 aromatic carbocycles. The van der Waals surface area contributed by atoms with E-state index in [9.17, 15) is 19.3 Å². The van der Waals surface area contributed by atoms with Crippen molar-refractivity contribution in [2.45, 2.75) is 19.0 Å². The van der Waals surface area contributed by atoms with Crippen LogP contribution in [0.15, 0.2) is 53.9 Å². The number of hydrogen-bond donors (Lipinski definition) is 1. The number of aryl methyl sites for hydroxylation is 2. The van der Waals surface area contributed by atoms with E-state index in [-0.39, 0.29) is 17.3 Å². The number of halogens is 1. The lowest BCUT2D eigenvalue weighted by Gasteiger charge is -2.10. The molecule has 0 saturated carbocycles. The zero-order valence-electron chi connectivity index (χ0n) is 15.2. The lowest BCUT2D eigenvalue weighted by molar-refractivity contribution is -0.387. The predicted octanol–water partition coefficient (Wildman–Crippen LogP) is 4.27. The maximum Gasteiger partial charge on any atom is 0.306 e. The van der Waals surface area contributed by atoms with Gasteiger partial charge >= 0.3 is 5.69 Å². The summed E-state index contributed by atoms with van der Waals surface area (Å²) in [4.78, 5) is 26.4. The van der Waals surface area contributed by atoms with E-state index in [1.54, 1.807) is 6.20 Å². The maximum atomic E-state index is 13.4. The van der Waals surface area contributed by atoms with Crippen LogP contribution in [0.2, 0.25) is 0 Å². The first-order valence-corrected chi connectivity index (χ1v) is 9.30. The second kappa shape index (κ2) is 8.22. The molecule has 0 aliphatic carbocycles. The monoisotopic (exact) mass is 400 g/mol.